The Labute approximate surface area is 149 Å². The Morgan fingerprint density at radius 3 is 2.52 bits per heavy atom. The standard InChI is InChI=1S/C16H21N3O2.2ClH/c1-12-16(13-6-4-3-5-7-13)21-15(19-12)9-8-14(20)18-11-10-17-2;;/h3-7,17H,8-11H2,1-2H3,(H,18,20);2*1H. The first-order chi connectivity index (χ1) is 10.2. The minimum absolute atomic E-state index is 0. The van der Waals surface area contributed by atoms with Crippen molar-refractivity contribution in [3.05, 3.63) is 41.9 Å². The molecule has 23 heavy (non-hydrogen) atoms. The summed E-state index contributed by atoms with van der Waals surface area (Å²) < 4.78 is 5.77. The van der Waals surface area contributed by atoms with Crippen molar-refractivity contribution >= 4 is 30.7 Å². The van der Waals surface area contributed by atoms with Gasteiger partial charge in [-0.05, 0) is 14.0 Å². The summed E-state index contributed by atoms with van der Waals surface area (Å²) >= 11 is 0. The molecule has 0 aliphatic rings. The van der Waals surface area contributed by atoms with Gasteiger partial charge >= 0.3 is 0 Å². The first kappa shape index (κ1) is 21.4. The molecule has 1 aromatic carbocycles. The van der Waals surface area contributed by atoms with Crippen molar-refractivity contribution in [2.45, 2.75) is 19.8 Å². The lowest BCUT2D eigenvalue weighted by Crippen LogP contribution is -2.30. The van der Waals surface area contributed by atoms with E-state index in [2.05, 4.69) is 15.6 Å². The first-order valence-corrected chi connectivity index (χ1v) is 7.13. The van der Waals surface area contributed by atoms with E-state index in [1.807, 2.05) is 44.3 Å². The van der Waals surface area contributed by atoms with E-state index in [0.717, 1.165) is 23.6 Å². The SMILES string of the molecule is CNCCNC(=O)CCc1nc(C)c(-c2ccccc2)o1.Cl.Cl. The number of oxazole rings is 1. The second kappa shape index (κ2) is 11.0. The zero-order valence-corrected chi connectivity index (χ0v) is 14.9. The van der Waals surface area contributed by atoms with Crippen molar-refractivity contribution in [3.8, 4) is 11.3 Å². The molecule has 0 unspecified atom stereocenters. The number of aryl methyl sites for hydroxylation is 2. The lowest BCUT2D eigenvalue weighted by Gasteiger charge is -2.02. The largest absolute Gasteiger partial charge is 0.440 e. The lowest BCUT2D eigenvalue weighted by atomic mass is 10.1. The predicted octanol–water partition coefficient (Wildman–Crippen LogP) is 2.76. The van der Waals surface area contributed by atoms with E-state index in [0.29, 0.717) is 25.3 Å². The number of nitrogens with one attached hydrogen (secondary N) is 2. The molecule has 0 saturated heterocycles. The molecule has 0 fully saturated rings. The smallest absolute Gasteiger partial charge is 0.220 e. The van der Waals surface area contributed by atoms with E-state index in [1.54, 1.807) is 0 Å². The molecule has 0 spiro atoms. The van der Waals surface area contributed by atoms with Crippen LogP contribution in [-0.2, 0) is 11.2 Å². The Kier molecular flexibility index (Phi) is 10.3. The summed E-state index contributed by atoms with van der Waals surface area (Å²) in [6.45, 7) is 3.32. The van der Waals surface area contributed by atoms with Crippen molar-refractivity contribution in [1.29, 1.82) is 0 Å². The molecule has 0 bridgehead atoms. The van der Waals surface area contributed by atoms with E-state index in [9.17, 15) is 4.79 Å². The zero-order valence-electron chi connectivity index (χ0n) is 13.3. The quantitative estimate of drug-likeness (QED) is 0.745. The van der Waals surface area contributed by atoms with E-state index in [4.69, 9.17) is 4.42 Å². The van der Waals surface area contributed by atoms with Gasteiger partial charge < -0.3 is 15.1 Å². The maximum absolute atomic E-state index is 11.6. The fraction of sp³-hybridized carbons (Fsp3) is 0.375. The Morgan fingerprint density at radius 1 is 1.17 bits per heavy atom. The Hall–Kier alpha value is -1.56. The molecule has 0 radical (unpaired) electrons. The number of carbonyl (C=O) groups excluding carboxylic acids is 1. The molecule has 0 aliphatic carbocycles. The second-order valence-corrected chi connectivity index (χ2v) is 4.84. The fourth-order valence-electron chi connectivity index (χ4n) is 2.05. The molecule has 1 amide bonds. The van der Waals surface area contributed by atoms with Gasteiger partial charge in [0, 0.05) is 31.5 Å². The monoisotopic (exact) mass is 359 g/mol. The summed E-state index contributed by atoms with van der Waals surface area (Å²) in [4.78, 5) is 16.0. The lowest BCUT2D eigenvalue weighted by molar-refractivity contribution is -0.121. The minimum atomic E-state index is 0. The number of hydrogen-bond donors (Lipinski definition) is 2. The van der Waals surface area contributed by atoms with Crippen LogP contribution in [0.5, 0.6) is 0 Å². The minimum Gasteiger partial charge on any atom is -0.440 e. The molecule has 128 valence electrons. The second-order valence-electron chi connectivity index (χ2n) is 4.84. The van der Waals surface area contributed by atoms with Gasteiger partial charge in [0.05, 0.1) is 5.69 Å². The number of carbonyl (C=O) groups is 1. The first-order valence-electron chi connectivity index (χ1n) is 7.13. The summed E-state index contributed by atoms with van der Waals surface area (Å²) in [7, 11) is 1.85. The summed E-state index contributed by atoms with van der Waals surface area (Å²) in [6, 6.07) is 9.87. The molecule has 0 saturated carbocycles. The number of rotatable bonds is 7. The zero-order chi connectivity index (χ0) is 15.1. The van der Waals surface area contributed by atoms with E-state index in [-0.39, 0.29) is 30.7 Å². The van der Waals surface area contributed by atoms with Crippen LogP contribution in [0, 0.1) is 6.92 Å². The maximum atomic E-state index is 11.6. The number of hydrogen-bond acceptors (Lipinski definition) is 4. The molecule has 1 heterocycles. The molecule has 2 rings (SSSR count). The molecule has 2 aromatic rings. The molecule has 1 aromatic heterocycles. The van der Waals surface area contributed by atoms with Crippen molar-refractivity contribution in [3.63, 3.8) is 0 Å². The van der Waals surface area contributed by atoms with Gasteiger partial charge in [0.15, 0.2) is 11.7 Å². The third-order valence-electron chi connectivity index (χ3n) is 3.14. The third-order valence-corrected chi connectivity index (χ3v) is 3.14. The Bertz CT molecular complexity index is 588. The number of aromatic nitrogens is 1. The van der Waals surface area contributed by atoms with Gasteiger partial charge in [-0.3, -0.25) is 4.79 Å². The highest BCUT2D eigenvalue weighted by molar-refractivity contribution is 5.85. The summed E-state index contributed by atoms with van der Waals surface area (Å²) in [6.07, 6.45) is 0.900. The van der Waals surface area contributed by atoms with Gasteiger partial charge in [-0.25, -0.2) is 4.98 Å². The highest BCUT2D eigenvalue weighted by Gasteiger charge is 2.12. The normalized spacial score (nSPS) is 9.65. The van der Waals surface area contributed by atoms with Gasteiger partial charge in [-0.15, -0.1) is 24.8 Å². The van der Waals surface area contributed by atoms with Gasteiger partial charge in [-0.1, -0.05) is 30.3 Å². The number of nitrogens with zero attached hydrogens (tertiary/aromatic N) is 1. The maximum Gasteiger partial charge on any atom is 0.220 e. The van der Waals surface area contributed by atoms with E-state index in [1.165, 1.54) is 0 Å². The highest BCUT2D eigenvalue weighted by atomic mass is 35.5. The van der Waals surface area contributed by atoms with Gasteiger partial charge in [-0.2, -0.15) is 0 Å². The van der Waals surface area contributed by atoms with Crippen LogP contribution in [0.25, 0.3) is 11.3 Å². The predicted molar refractivity (Wildman–Crippen MR) is 96.4 cm³/mol. The average Bonchev–Trinajstić information content (AvgIpc) is 2.87. The number of likely N-dealkylation sites (N-methyl/N-ethyl adjacent to an activating group) is 1. The number of benzene rings is 1. The van der Waals surface area contributed by atoms with Crippen LogP contribution < -0.4 is 10.6 Å². The van der Waals surface area contributed by atoms with Gasteiger partial charge in [0.2, 0.25) is 5.91 Å². The number of amides is 1. The summed E-state index contributed by atoms with van der Waals surface area (Å²) in [5, 5.41) is 5.82. The van der Waals surface area contributed by atoms with Crippen LogP contribution in [-0.4, -0.2) is 31.0 Å². The highest BCUT2D eigenvalue weighted by Crippen LogP contribution is 2.24. The van der Waals surface area contributed by atoms with Crippen LogP contribution in [0.4, 0.5) is 0 Å². The Balaban J connectivity index is 0.00000242. The fourth-order valence-corrected chi connectivity index (χ4v) is 2.05. The number of halogens is 2. The van der Waals surface area contributed by atoms with Crippen LogP contribution >= 0.6 is 24.8 Å². The van der Waals surface area contributed by atoms with Crippen molar-refractivity contribution < 1.29 is 9.21 Å². The van der Waals surface area contributed by atoms with Crippen LogP contribution in [0.2, 0.25) is 0 Å². The van der Waals surface area contributed by atoms with Gasteiger partial charge in [0.1, 0.15) is 0 Å². The van der Waals surface area contributed by atoms with Crippen LogP contribution in [0.1, 0.15) is 18.0 Å². The van der Waals surface area contributed by atoms with E-state index < -0.39 is 0 Å². The third kappa shape index (κ3) is 6.60. The Morgan fingerprint density at radius 2 is 1.87 bits per heavy atom. The van der Waals surface area contributed by atoms with Gasteiger partial charge in [0.25, 0.3) is 0 Å². The average molecular weight is 360 g/mol. The van der Waals surface area contributed by atoms with Crippen molar-refractivity contribution in [2.75, 3.05) is 20.1 Å². The molecule has 0 aliphatic heterocycles. The molecule has 0 atom stereocenters. The van der Waals surface area contributed by atoms with E-state index >= 15 is 0 Å². The van der Waals surface area contributed by atoms with Crippen molar-refractivity contribution in [1.82, 2.24) is 15.6 Å². The summed E-state index contributed by atoms with van der Waals surface area (Å²) in [5.41, 5.74) is 1.86. The van der Waals surface area contributed by atoms with Crippen LogP contribution in [0.15, 0.2) is 34.7 Å². The molecule has 2 N–H and O–H groups in total. The summed E-state index contributed by atoms with van der Waals surface area (Å²) in [5.74, 6) is 1.40. The van der Waals surface area contributed by atoms with Crippen LogP contribution in [0.3, 0.4) is 0 Å². The topological polar surface area (TPSA) is 67.2 Å². The molecule has 5 nitrogen and oxygen atoms in total. The molecule has 7 heteroatoms. The van der Waals surface area contributed by atoms with Crippen molar-refractivity contribution in [2.24, 2.45) is 0 Å². The molecular weight excluding hydrogens is 337 g/mol. The molecular formula is C16H23Cl2N3O2.